The van der Waals surface area contributed by atoms with Gasteiger partial charge in [0.15, 0.2) is 0 Å². The van der Waals surface area contributed by atoms with Gasteiger partial charge in [0.1, 0.15) is 11.4 Å². The largest absolute Gasteiger partial charge is 0.495 e. The van der Waals surface area contributed by atoms with E-state index in [0.717, 1.165) is 20.4 Å². The van der Waals surface area contributed by atoms with Gasteiger partial charge in [0.05, 0.1) is 13.7 Å². The summed E-state index contributed by atoms with van der Waals surface area (Å²) in [6.45, 7) is 0.467. The van der Waals surface area contributed by atoms with Crippen LogP contribution in [0.3, 0.4) is 0 Å². The SMILES string of the molecule is COc1cccc(I)c1N(Cc1ccccc1)C(=O)/C=C/c1ccccc1. The fourth-order valence-corrected chi connectivity index (χ4v) is 3.54. The molecule has 0 aromatic heterocycles. The summed E-state index contributed by atoms with van der Waals surface area (Å²) in [4.78, 5) is 14.9. The molecule has 0 atom stereocenters. The molecule has 0 aliphatic rings. The van der Waals surface area contributed by atoms with Crippen LogP contribution in [0.1, 0.15) is 11.1 Å². The Morgan fingerprint density at radius 1 is 0.963 bits per heavy atom. The second kappa shape index (κ2) is 9.37. The molecule has 0 saturated heterocycles. The van der Waals surface area contributed by atoms with E-state index in [1.54, 1.807) is 18.1 Å². The zero-order chi connectivity index (χ0) is 19.1. The summed E-state index contributed by atoms with van der Waals surface area (Å²) < 4.78 is 6.50. The van der Waals surface area contributed by atoms with E-state index < -0.39 is 0 Å². The van der Waals surface area contributed by atoms with E-state index in [1.165, 1.54) is 0 Å². The third-order valence-electron chi connectivity index (χ3n) is 4.11. The summed E-state index contributed by atoms with van der Waals surface area (Å²) >= 11 is 2.24. The van der Waals surface area contributed by atoms with Crippen molar-refractivity contribution in [1.82, 2.24) is 0 Å². The van der Waals surface area contributed by atoms with Crippen molar-refractivity contribution < 1.29 is 9.53 Å². The van der Waals surface area contributed by atoms with Crippen molar-refractivity contribution in [3.63, 3.8) is 0 Å². The number of hydrogen-bond donors (Lipinski definition) is 0. The van der Waals surface area contributed by atoms with E-state index in [4.69, 9.17) is 4.74 Å². The second-order valence-corrected chi connectivity index (χ2v) is 7.11. The topological polar surface area (TPSA) is 29.5 Å². The molecule has 0 spiro atoms. The molecular formula is C23H20INO2. The van der Waals surface area contributed by atoms with Gasteiger partial charge in [-0.25, -0.2) is 0 Å². The van der Waals surface area contributed by atoms with Gasteiger partial charge in [0.2, 0.25) is 0 Å². The first-order chi connectivity index (χ1) is 13.2. The number of amides is 1. The molecule has 0 fully saturated rings. The maximum atomic E-state index is 13.1. The number of ether oxygens (including phenoxy) is 1. The average Bonchev–Trinajstić information content (AvgIpc) is 2.72. The Morgan fingerprint density at radius 3 is 2.30 bits per heavy atom. The summed E-state index contributed by atoms with van der Waals surface area (Å²) in [5.74, 6) is 0.587. The number of rotatable bonds is 6. The van der Waals surface area contributed by atoms with Gasteiger partial charge >= 0.3 is 0 Å². The summed E-state index contributed by atoms with van der Waals surface area (Å²) in [6.07, 6.45) is 3.45. The van der Waals surface area contributed by atoms with Crippen LogP contribution in [-0.2, 0) is 11.3 Å². The Balaban J connectivity index is 1.97. The second-order valence-electron chi connectivity index (χ2n) is 5.94. The van der Waals surface area contributed by atoms with Crippen molar-refractivity contribution in [2.75, 3.05) is 12.0 Å². The van der Waals surface area contributed by atoms with E-state index in [2.05, 4.69) is 22.6 Å². The summed E-state index contributed by atoms with van der Waals surface area (Å²) in [7, 11) is 1.62. The number of hydrogen-bond acceptors (Lipinski definition) is 2. The number of benzene rings is 3. The number of methoxy groups -OCH3 is 1. The number of anilines is 1. The molecule has 4 heteroatoms. The van der Waals surface area contributed by atoms with Gasteiger partial charge in [-0.05, 0) is 51.9 Å². The molecule has 3 nitrogen and oxygen atoms in total. The molecule has 3 aromatic rings. The minimum absolute atomic E-state index is 0.0925. The first-order valence-corrected chi connectivity index (χ1v) is 9.68. The van der Waals surface area contributed by atoms with E-state index >= 15 is 0 Å². The molecule has 1 amide bonds. The molecule has 0 aliphatic heterocycles. The zero-order valence-electron chi connectivity index (χ0n) is 15.0. The van der Waals surface area contributed by atoms with Crippen LogP contribution in [0.25, 0.3) is 6.08 Å². The highest BCUT2D eigenvalue weighted by atomic mass is 127. The fraction of sp³-hybridized carbons (Fsp3) is 0.0870. The molecule has 3 rings (SSSR count). The van der Waals surface area contributed by atoms with Gasteiger partial charge in [-0.1, -0.05) is 66.7 Å². The number of para-hydroxylation sites is 1. The van der Waals surface area contributed by atoms with Crippen LogP contribution >= 0.6 is 22.6 Å². The summed E-state index contributed by atoms with van der Waals surface area (Å²) in [6, 6.07) is 25.5. The molecule has 0 aliphatic carbocycles. The number of carbonyl (C=O) groups excluding carboxylic acids is 1. The molecule has 0 unspecified atom stereocenters. The van der Waals surface area contributed by atoms with E-state index in [0.29, 0.717) is 12.3 Å². The first kappa shape index (κ1) is 19.2. The van der Waals surface area contributed by atoms with Crippen LogP contribution < -0.4 is 9.64 Å². The highest BCUT2D eigenvalue weighted by Gasteiger charge is 2.20. The fourth-order valence-electron chi connectivity index (χ4n) is 2.78. The van der Waals surface area contributed by atoms with Crippen LogP contribution in [0.5, 0.6) is 5.75 Å². The van der Waals surface area contributed by atoms with Gasteiger partial charge in [-0.15, -0.1) is 0 Å². The minimum Gasteiger partial charge on any atom is -0.495 e. The molecule has 0 heterocycles. The first-order valence-electron chi connectivity index (χ1n) is 8.60. The molecule has 27 heavy (non-hydrogen) atoms. The van der Waals surface area contributed by atoms with Crippen LogP contribution in [0.15, 0.2) is 84.9 Å². The average molecular weight is 469 g/mol. The Kier molecular flexibility index (Phi) is 6.65. The number of halogens is 1. The Bertz CT molecular complexity index is 924. The number of carbonyl (C=O) groups is 1. The van der Waals surface area contributed by atoms with Crippen LogP contribution in [0.4, 0.5) is 5.69 Å². The quantitative estimate of drug-likeness (QED) is 0.350. The third kappa shape index (κ3) is 4.98. The van der Waals surface area contributed by atoms with Gasteiger partial charge in [0, 0.05) is 9.65 Å². The smallest absolute Gasteiger partial charge is 0.251 e. The van der Waals surface area contributed by atoms with Crippen LogP contribution in [-0.4, -0.2) is 13.0 Å². The molecule has 3 aromatic carbocycles. The monoisotopic (exact) mass is 469 g/mol. The lowest BCUT2D eigenvalue weighted by molar-refractivity contribution is -0.114. The van der Waals surface area contributed by atoms with Crippen molar-refractivity contribution in [3.8, 4) is 5.75 Å². The molecule has 0 radical (unpaired) electrons. The highest BCUT2D eigenvalue weighted by Crippen LogP contribution is 2.34. The number of nitrogens with zero attached hydrogens (tertiary/aromatic N) is 1. The molecule has 0 saturated carbocycles. The Labute approximate surface area is 173 Å². The predicted molar refractivity (Wildman–Crippen MR) is 119 cm³/mol. The summed E-state index contributed by atoms with van der Waals surface area (Å²) in [5, 5.41) is 0. The van der Waals surface area contributed by atoms with Gasteiger partial charge in [0.25, 0.3) is 5.91 Å². The van der Waals surface area contributed by atoms with Crippen molar-refractivity contribution in [3.05, 3.63) is 99.6 Å². The highest BCUT2D eigenvalue weighted by molar-refractivity contribution is 14.1. The van der Waals surface area contributed by atoms with Crippen molar-refractivity contribution in [2.24, 2.45) is 0 Å². The maximum Gasteiger partial charge on any atom is 0.251 e. The molecular weight excluding hydrogens is 449 g/mol. The van der Waals surface area contributed by atoms with Gasteiger partial charge in [-0.2, -0.15) is 0 Å². The van der Waals surface area contributed by atoms with E-state index in [-0.39, 0.29) is 5.91 Å². The molecule has 0 bridgehead atoms. The lowest BCUT2D eigenvalue weighted by atomic mass is 10.1. The minimum atomic E-state index is -0.0925. The Morgan fingerprint density at radius 2 is 1.63 bits per heavy atom. The third-order valence-corrected chi connectivity index (χ3v) is 4.98. The zero-order valence-corrected chi connectivity index (χ0v) is 17.2. The van der Waals surface area contributed by atoms with Crippen molar-refractivity contribution in [2.45, 2.75) is 6.54 Å². The normalized spacial score (nSPS) is 10.7. The predicted octanol–water partition coefficient (Wildman–Crippen LogP) is 5.55. The van der Waals surface area contributed by atoms with Crippen molar-refractivity contribution in [1.29, 1.82) is 0 Å². The van der Waals surface area contributed by atoms with Gasteiger partial charge < -0.3 is 9.64 Å². The van der Waals surface area contributed by atoms with Crippen LogP contribution in [0.2, 0.25) is 0 Å². The summed E-state index contributed by atoms with van der Waals surface area (Å²) in [5.41, 5.74) is 2.83. The van der Waals surface area contributed by atoms with E-state index in [9.17, 15) is 4.79 Å². The standard InChI is InChI=1S/C23H20INO2/c1-27-21-14-8-13-20(24)23(21)25(17-19-11-6-3-7-12-19)22(26)16-15-18-9-4-2-5-10-18/h2-16H,17H2,1H3/b16-15+. The lowest BCUT2D eigenvalue weighted by Crippen LogP contribution is -2.29. The van der Waals surface area contributed by atoms with Gasteiger partial charge in [-0.3, -0.25) is 4.79 Å². The maximum absolute atomic E-state index is 13.1. The van der Waals surface area contributed by atoms with Crippen LogP contribution in [0, 0.1) is 3.57 Å². The lowest BCUT2D eigenvalue weighted by Gasteiger charge is -2.25. The Hall–Kier alpha value is -2.60. The van der Waals surface area contributed by atoms with Crippen molar-refractivity contribution >= 4 is 40.3 Å². The molecule has 0 N–H and O–H groups in total. The molecule has 136 valence electrons. The van der Waals surface area contributed by atoms with E-state index in [1.807, 2.05) is 84.9 Å².